The average molecular weight is 202 g/mol. The minimum atomic E-state index is 0.237. The van der Waals surface area contributed by atoms with Crippen molar-refractivity contribution in [1.29, 1.82) is 0 Å². The number of rotatable bonds is 2. The largest absolute Gasteiger partial charge is 0.504 e. The molecule has 0 atom stereocenters. The van der Waals surface area contributed by atoms with E-state index in [-0.39, 0.29) is 5.75 Å². The molecule has 0 saturated carbocycles. The molecule has 78 valence electrons. The quantitative estimate of drug-likeness (QED) is 0.812. The molecule has 0 aliphatic heterocycles. The Kier molecular flexibility index (Phi) is 2.46. The lowest BCUT2D eigenvalue weighted by Crippen LogP contribution is -1.93. The van der Waals surface area contributed by atoms with Crippen LogP contribution in [-0.2, 0) is 6.54 Å². The number of hydrogen-bond acceptors (Lipinski definition) is 2. The van der Waals surface area contributed by atoms with Crippen LogP contribution in [0, 0.1) is 6.92 Å². The monoisotopic (exact) mass is 202 g/mol. The van der Waals surface area contributed by atoms with Crippen molar-refractivity contribution in [1.82, 2.24) is 9.78 Å². The molecule has 0 spiro atoms. The second-order valence-electron chi connectivity index (χ2n) is 3.58. The molecule has 1 heterocycles. The van der Waals surface area contributed by atoms with Crippen LogP contribution in [0.3, 0.4) is 0 Å². The zero-order valence-electron chi connectivity index (χ0n) is 8.94. The van der Waals surface area contributed by atoms with Gasteiger partial charge in [0.2, 0.25) is 0 Å². The Morgan fingerprint density at radius 2 is 1.93 bits per heavy atom. The fourth-order valence-corrected chi connectivity index (χ4v) is 1.49. The van der Waals surface area contributed by atoms with Gasteiger partial charge in [-0.05, 0) is 13.8 Å². The Labute approximate surface area is 89.0 Å². The summed E-state index contributed by atoms with van der Waals surface area (Å²) in [4.78, 5) is 0. The van der Waals surface area contributed by atoms with Crippen molar-refractivity contribution < 1.29 is 5.11 Å². The SMILES string of the molecule is CCn1cc(O)c(-c2ccc(C)cc2)n1. The van der Waals surface area contributed by atoms with Crippen molar-refractivity contribution >= 4 is 0 Å². The van der Waals surface area contributed by atoms with Gasteiger partial charge in [-0.25, -0.2) is 0 Å². The number of aromatic hydroxyl groups is 1. The molecular formula is C12H14N2O. The van der Waals surface area contributed by atoms with E-state index in [1.165, 1.54) is 5.56 Å². The first-order chi connectivity index (χ1) is 7.20. The van der Waals surface area contributed by atoms with E-state index in [1.807, 2.05) is 38.1 Å². The summed E-state index contributed by atoms with van der Waals surface area (Å²) in [5.41, 5.74) is 2.80. The molecule has 0 aliphatic rings. The van der Waals surface area contributed by atoms with Gasteiger partial charge in [0.1, 0.15) is 5.69 Å². The van der Waals surface area contributed by atoms with Crippen LogP contribution < -0.4 is 0 Å². The highest BCUT2D eigenvalue weighted by Gasteiger charge is 2.08. The lowest BCUT2D eigenvalue weighted by molar-refractivity contribution is 0.475. The van der Waals surface area contributed by atoms with Crippen LogP contribution in [-0.4, -0.2) is 14.9 Å². The lowest BCUT2D eigenvalue weighted by Gasteiger charge is -1.98. The van der Waals surface area contributed by atoms with Gasteiger partial charge in [0, 0.05) is 12.1 Å². The summed E-state index contributed by atoms with van der Waals surface area (Å²) in [5.74, 6) is 0.237. The smallest absolute Gasteiger partial charge is 0.161 e. The van der Waals surface area contributed by atoms with Crippen molar-refractivity contribution in [3.8, 4) is 17.0 Å². The van der Waals surface area contributed by atoms with Crippen LogP contribution in [0.25, 0.3) is 11.3 Å². The summed E-state index contributed by atoms with van der Waals surface area (Å²) in [6, 6.07) is 7.97. The molecular weight excluding hydrogens is 188 g/mol. The van der Waals surface area contributed by atoms with Gasteiger partial charge in [0.15, 0.2) is 5.75 Å². The Bertz CT molecular complexity index is 457. The summed E-state index contributed by atoms with van der Waals surface area (Å²) < 4.78 is 1.73. The fraction of sp³-hybridized carbons (Fsp3) is 0.250. The minimum absolute atomic E-state index is 0.237. The van der Waals surface area contributed by atoms with E-state index in [9.17, 15) is 5.11 Å². The van der Waals surface area contributed by atoms with Gasteiger partial charge in [-0.15, -0.1) is 0 Å². The molecule has 2 aromatic rings. The topological polar surface area (TPSA) is 38.0 Å². The van der Waals surface area contributed by atoms with Crippen molar-refractivity contribution in [3.05, 3.63) is 36.0 Å². The Hall–Kier alpha value is -1.77. The molecule has 0 fully saturated rings. The third kappa shape index (κ3) is 1.86. The molecule has 0 unspecified atom stereocenters. The van der Waals surface area contributed by atoms with Crippen LogP contribution in [0.2, 0.25) is 0 Å². The third-order valence-electron chi connectivity index (χ3n) is 2.39. The second-order valence-corrected chi connectivity index (χ2v) is 3.58. The highest BCUT2D eigenvalue weighted by molar-refractivity contribution is 5.65. The van der Waals surface area contributed by atoms with Gasteiger partial charge >= 0.3 is 0 Å². The zero-order valence-corrected chi connectivity index (χ0v) is 8.94. The maximum atomic E-state index is 9.70. The summed E-state index contributed by atoms with van der Waals surface area (Å²) >= 11 is 0. The molecule has 1 aromatic heterocycles. The third-order valence-corrected chi connectivity index (χ3v) is 2.39. The summed E-state index contributed by atoms with van der Waals surface area (Å²) in [7, 11) is 0. The molecule has 2 rings (SSSR count). The number of aryl methyl sites for hydroxylation is 2. The van der Waals surface area contributed by atoms with E-state index in [1.54, 1.807) is 10.9 Å². The number of nitrogens with zero attached hydrogens (tertiary/aromatic N) is 2. The lowest BCUT2D eigenvalue weighted by atomic mass is 10.1. The first-order valence-corrected chi connectivity index (χ1v) is 5.04. The molecule has 0 aliphatic carbocycles. The van der Waals surface area contributed by atoms with Crippen LogP contribution in [0.15, 0.2) is 30.5 Å². The van der Waals surface area contributed by atoms with Gasteiger partial charge in [0.25, 0.3) is 0 Å². The van der Waals surface area contributed by atoms with Crippen LogP contribution in [0.1, 0.15) is 12.5 Å². The molecule has 0 saturated heterocycles. The van der Waals surface area contributed by atoms with Gasteiger partial charge in [-0.2, -0.15) is 5.10 Å². The number of aromatic nitrogens is 2. The number of benzene rings is 1. The second kappa shape index (κ2) is 3.77. The van der Waals surface area contributed by atoms with E-state index in [2.05, 4.69) is 5.10 Å². The maximum absolute atomic E-state index is 9.70. The first-order valence-electron chi connectivity index (χ1n) is 5.04. The molecule has 1 N–H and O–H groups in total. The van der Waals surface area contributed by atoms with E-state index in [4.69, 9.17) is 0 Å². The van der Waals surface area contributed by atoms with Crippen molar-refractivity contribution in [2.24, 2.45) is 0 Å². The highest BCUT2D eigenvalue weighted by atomic mass is 16.3. The number of hydrogen-bond donors (Lipinski definition) is 1. The predicted octanol–water partition coefficient (Wildman–Crippen LogP) is 2.58. The molecule has 0 bridgehead atoms. The minimum Gasteiger partial charge on any atom is -0.504 e. The maximum Gasteiger partial charge on any atom is 0.161 e. The van der Waals surface area contributed by atoms with E-state index in [0.29, 0.717) is 5.69 Å². The Morgan fingerprint density at radius 1 is 1.27 bits per heavy atom. The summed E-state index contributed by atoms with van der Waals surface area (Å²) in [6.07, 6.45) is 1.65. The summed E-state index contributed by atoms with van der Waals surface area (Å²) in [5, 5.41) is 14.0. The van der Waals surface area contributed by atoms with Gasteiger partial charge < -0.3 is 5.11 Å². The van der Waals surface area contributed by atoms with Crippen LogP contribution in [0.4, 0.5) is 0 Å². The van der Waals surface area contributed by atoms with Crippen molar-refractivity contribution in [3.63, 3.8) is 0 Å². The Balaban J connectivity index is 2.44. The normalized spacial score (nSPS) is 10.5. The fourth-order valence-electron chi connectivity index (χ4n) is 1.49. The van der Waals surface area contributed by atoms with E-state index >= 15 is 0 Å². The predicted molar refractivity (Wildman–Crippen MR) is 59.7 cm³/mol. The van der Waals surface area contributed by atoms with Gasteiger partial charge in [-0.1, -0.05) is 29.8 Å². The van der Waals surface area contributed by atoms with Gasteiger partial charge in [0.05, 0.1) is 6.20 Å². The molecule has 0 radical (unpaired) electrons. The standard InChI is InChI=1S/C12H14N2O/c1-3-14-8-11(15)12(13-14)10-6-4-9(2)5-7-10/h4-8,15H,3H2,1-2H3. The molecule has 0 amide bonds. The van der Waals surface area contributed by atoms with E-state index < -0.39 is 0 Å². The molecule has 3 heteroatoms. The molecule has 1 aromatic carbocycles. The van der Waals surface area contributed by atoms with Crippen LogP contribution >= 0.6 is 0 Å². The molecule has 3 nitrogen and oxygen atoms in total. The van der Waals surface area contributed by atoms with E-state index in [0.717, 1.165) is 12.1 Å². The summed E-state index contributed by atoms with van der Waals surface area (Å²) in [6.45, 7) is 4.79. The Morgan fingerprint density at radius 3 is 2.47 bits per heavy atom. The van der Waals surface area contributed by atoms with Gasteiger partial charge in [-0.3, -0.25) is 4.68 Å². The highest BCUT2D eigenvalue weighted by Crippen LogP contribution is 2.27. The van der Waals surface area contributed by atoms with Crippen LogP contribution in [0.5, 0.6) is 5.75 Å². The van der Waals surface area contributed by atoms with Crippen molar-refractivity contribution in [2.45, 2.75) is 20.4 Å². The zero-order chi connectivity index (χ0) is 10.8. The van der Waals surface area contributed by atoms with Crippen molar-refractivity contribution in [2.75, 3.05) is 0 Å². The first kappa shape index (κ1) is 9.77. The molecule has 15 heavy (non-hydrogen) atoms. The average Bonchev–Trinajstić information content (AvgIpc) is 2.61.